The molecule has 2 N–H and O–H groups in total. The van der Waals surface area contributed by atoms with Gasteiger partial charge in [0.25, 0.3) is 0 Å². The van der Waals surface area contributed by atoms with Crippen molar-refractivity contribution in [2.45, 2.75) is 25.7 Å². The van der Waals surface area contributed by atoms with Gasteiger partial charge in [0.15, 0.2) is 0 Å². The summed E-state index contributed by atoms with van der Waals surface area (Å²) in [6.45, 7) is 2.30. The van der Waals surface area contributed by atoms with Crippen LogP contribution in [0.15, 0.2) is 24.3 Å². The van der Waals surface area contributed by atoms with Crippen molar-refractivity contribution < 1.29 is 9.53 Å². The van der Waals surface area contributed by atoms with E-state index < -0.39 is 0 Å². The third-order valence-corrected chi connectivity index (χ3v) is 3.72. The van der Waals surface area contributed by atoms with Gasteiger partial charge in [-0.2, -0.15) is 0 Å². The number of carbonyl (C=O) groups is 1. The summed E-state index contributed by atoms with van der Waals surface area (Å²) in [7, 11) is 1.72. The molecule has 1 amide bonds. The van der Waals surface area contributed by atoms with Crippen LogP contribution in [0, 0.1) is 5.92 Å². The third-order valence-electron chi connectivity index (χ3n) is 3.72. The van der Waals surface area contributed by atoms with Gasteiger partial charge in [0, 0.05) is 32.5 Å². The van der Waals surface area contributed by atoms with Gasteiger partial charge in [-0.3, -0.25) is 4.79 Å². The van der Waals surface area contributed by atoms with Gasteiger partial charge >= 0.3 is 0 Å². The Labute approximate surface area is 120 Å². The number of hydrogen-bond acceptors (Lipinski definition) is 3. The van der Waals surface area contributed by atoms with E-state index >= 15 is 0 Å². The maximum absolute atomic E-state index is 12.1. The van der Waals surface area contributed by atoms with Crippen molar-refractivity contribution in [1.29, 1.82) is 0 Å². The molecule has 1 heterocycles. The summed E-state index contributed by atoms with van der Waals surface area (Å²) in [5.74, 6) is 0.211. The van der Waals surface area contributed by atoms with Crippen molar-refractivity contribution in [2.24, 2.45) is 5.92 Å². The average Bonchev–Trinajstić information content (AvgIpc) is 2.50. The molecule has 1 unspecified atom stereocenters. The van der Waals surface area contributed by atoms with Crippen LogP contribution in [0.1, 0.15) is 24.8 Å². The highest BCUT2D eigenvalue weighted by atomic mass is 16.5. The van der Waals surface area contributed by atoms with Gasteiger partial charge in [0.1, 0.15) is 0 Å². The van der Waals surface area contributed by atoms with E-state index in [1.165, 1.54) is 5.56 Å². The minimum absolute atomic E-state index is 0.0453. The first-order valence-electron chi connectivity index (χ1n) is 7.39. The third kappa shape index (κ3) is 4.23. The molecule has 0 saturated heterocycles. The molecule has 0 aromatic heterocycles. The van der Waals surface area contributed by atoms with Crippen molar-refractivity contribution in [3.63, 3.8) is 0 Å². The first-order chi connectivity index (χ1) is 9.81. The van der Waals surface area contributed by atoms with E-state index in [1.54, 1.807) is 7.11 Å². The van der Waals surface area contributed by atoms with Crippen LogP contribution in [-0.2, 0) is 16.0 Å². The first-order valence-corrected chi connectivity index (χ1v) is 7.39. The van der Waals surface area contributed by atoms with Crippen LogP contribution in [0.2, 0.25) is 0 Å². The number of methoxy groups -OCH3 is 1. The van der Waals surface area contributed by atoms with Crippen molar-refractivity contribution in [1.82, 2.24) is 5.32 Å². The molecule has 4 nitrogen and oxygen atoms in total. The van der Waals surface area contributed by atoms with Gasteiger partial charge < -0.3 is 15.4 Å². The van der Waals surface area contributed by atoms with E-state index in [9.17, 15) is 4.79 Å². The number of para-hydroxylation sites is 1. The lowest BCUT2D eigenvalue weighted by Crippen LogP contribution is -2.38. The smallest absolute Gasteiger partial charge is 0.225 e. The quantitative estimate of drug-likeness (QED) is 0.751. The summed E-state index contributed by atoms with van der Waals surface area (Å²) in [5, 5.41) is 6.37. The van der Waals surface area contributed by atoms with Crippen LogP contribution in [0.5, 0.6) is 0 Å². The molecule has 0 radical (unpaired) electrons. The maximum atomic E-state index is 12.1. The molecule has 2 rings (SSSR count). The Morgan fingerprint density at radius 2 is 2.20 bits per heavy atom. The summed E-state index contributed by atoms with van der Waals surface area (Å²) in [6.07, 6.45) is 4.01. The van der Waals surface area contributed by atoms with Crippen LogP contribution in [0.3, 0.4) is 0 Å². The molecule has 0 bridgehead atoms. The topological polar surface area (TPSA) is 50.4 Å². The molecule has 1 aromatic carbocycles. The fraction of sp³-hybridized carbons (Fsp3) is 0.562. The number of unbranched alkanes of at least 4 members (excludes halogenated alkanes) is 2. The highest BCUT2D eigenvalue weighted by Crippen LogP contribution is 2.24. The maximum Gasteiger partial charge on any atom is 0.225 e. The first kappa shape index (κ1) is 14.9. The molecule has 1 atom stereocenters. The molecular formula is C16H24N2O2. The zero-order valence-electron chi connectivity index (χ0n) is 12.2. The Balaban J connectivity index is 1.69. The van der Waals surface area contributed by atoms with Gasteiger partial charge in [-0.25, -0.2) is 0 Å². The standard InChI is InChI=1S/C16H24N2O2/c1-20-10-6-2-5-9-17-16(19)14-11-13-7-3-4-8-15(13)18-12-14/h3-4,7-8,14,18H,2,5-6,9-12H2,1H3,(H,17,19). The predicted molar refractivity (Wildman–Crippen MR) is 80.9 cm³/mol. The van der Waals surface area contributed by atoms with Crippen LogP contribution in [0.25, 0.3) is 0 Å². The Bertz CT molecular complexity index is 434. The highest BCUT2D eigenvalue weighted by Gasteiger charge is 2.23. The number of hydrogen-bond donors (Lipinski definition) is 2. The average molecular weight is 276 g/mol. The summed E-state index contributed by atoms with van der Waals surface area (Å²) in [4.78, 5) is 12.1. The van der Waals surface area contributed by atoms with E-state index in [0.717, 1.165) is 51.1 Å². The molecule has 20 heavy (non-hydrogen) atoms. The van der Waals surface area contributed by atoms with Gasteiger partial charge in [-0.1, -0.05) is 18.2 Å². The van der Waals surface area contributed by atoms with E-state index in [0.29, 0.717) is 0 Å². The summed E-state index contributed by atoms with van der Waals surface area (Å²) in [6, 6.07) is 8.20. The zero-order chi connectivity index (χ0) is 14.2. The molecule has 0 aliphatic carbocycles. The number of amides is 1. The summed E-state index contributed by atoms with van der Waals surface area (Å²) >= 11 is 0. The lowest BCUT2D eigenvalue weighted by atomic mass is 9.93. The predicted octanol–water partition coefficient (Wildman–Crippen LogP) is 2.20. The molecule has 0 fully saturated rings. The lowest BCUT2D eigenvalue weighted by Gasteiger charge is -2.25. The van der Waals surface area contributed by atoms with Crippen LogP contribution < -0.4 is 10.6 Å². The molecular weight excluding hydrogens is 252 g/mol. The summed E-state index contributed by atoms with van der Waals surface area (Å²) in [5.41, 5.74) is 2.40. The van der Waals surface area contributed by atoms with E-state index in [1.807, 2.05) is 12.1 Å². The molecule has 1 aromatic rings. The number of fused-ring (bicyclic) bond motifs is 1. The molecule has 1 aliphatic heterocycles. The minimum Gasteiger partial charge on any atom is -0.385 e. The van der Waals surface area contributed by atoms with Crippen LogP contribution >= 0.6 is 0 Å². The van der Waals surface area contributed by atoms with E-state index in [-0.39, 0.29) is 11.8 Å². The number of carbonyl (C=O) groups excluding carboxylic acids is 1. The van der Waals surface area contributed by atoms with Gasteiger partial charge in [0.05, 0.1) is 5.92 Å². The lowest BCUT2D eigenvalue weighted by molar-refractivity contribution is -0.124. The number of ether oxygens (including phenoxy) is 1. The van der Waals surface area contributed by atoms with Crippen LogP contribution in [-0.4, -0.2) is 32.7 Å². The van der Waals surface area contributed by atoms with Crippen LogP contribution in [0.4, 0.5) is 5.69 Å². The number of nitrogens with one attached hydrogen (secondary N) is 2. The molecule has 0 saturated carbocycles. The fourth-order valence-corrected chi connectivity index (χ4v) is 2.53. The zero-order valence-corrected chi connectivity index (χ0v) is 12.2. The largest absolute Gasteiger partial charge is 0.385 e. The SMILES string of the molecule is COCCCCCNC(=O)C1CNc2ccccc2C1. The van der Waals surface area contributed by atoms with E-state index in [2.05, 4.69) is 22.8 Å². The Morgan fingerprint density at radius 3 is 3.05 bits per heavy atom. The van der Waals surface area contributed by atoms with Crippen molar-refractivity contribution in [3.8, 4) is 0 Å². The highest BCUT2D eigenvalue weighted by molar-refractivity contribution is 5.80. The fourth-order valence-electron chi connectivity index (χ4n) is 2.53. The number of anilines is 1. The molecule has 0 spiro atoms. The Morgan fingerprint density at radius 1 is 1.35 bits per heavy atom. The normalized spacial score (nSPS) is 17.1. The van der Waals surface area contributed by atoms with Gasteiger partial charge in [0.2, 0.25) is 5.91 Å². The molecule has 1 aliphatic rings. The Hall–Kier alpha value is -1.55. The second-order valence-electron chi connectivity index (χ2n) is 5.28. The minimum atomic E-state index is 0.0453. The van der Waals surface area contributed by atoms with Crippen molar-refractivity contribution in [3.05, 3.63) is 29.8 Å². The number of benzene rings is 1. The summed E-state index contributed by atoms with van der Waals surface area (Å²) < 4.78 is 5.00. The van der Waals surface area contributed by atoms with Crippen molar-refractivity contribution >= 4 is 11.6 Å². The van der Waals surface area contributed by atoms with Gasteiger partial charge in [-0.15, -0.1) is 0 Å². The van der Waals surface area contributed by atoms with Crippen molar-refractivity contribution in [2.75, 3.05) is 32.1 Å². The number of rotatable bonds is 7. The van der Waals surface area contributed by atoms with E-state index in [4.69, 9.17) is 4.74 Å². The van der Waals surface area contributed by atoms with Gasteiger partial charge in [-0.05, 0) is 37.3 Å². The monoisotopic (exact) mass is 276 g/mol. The second-order valence-corrected chi connectivity index (χ2v) is 5.28. The molecule has 4 heteroatoms. The Kier molecular flexibility index (Phi) is 5.87. The second kappa shape index (κ2) is 7.90. The molecule has 110 valence electrons.